The first kappa shape index (κ1) is 18.8. The maximum Gasteiger partial charge on any atom is 0.220 e. The first-order valence-corrected chi connectivity index (χ1v) is 7.21. The van der Waals surface area contributed by atoms with Crippen molar-refractivity contribution in [2.45, 2.75) is 49.9 Å². The average Bonchev–Trinajstić information content (AvgIpc) is 2.52. The van der Waals surface area contributed by atoms with Crippen molar-refractivity contribution in [1.29, 1.82) is 0 Å². The summed E-state index contributed by atoms with van der Waals surface area (Å²) in [6.45, 7) is 0.0464. The van der Waals surface area contributed by atoms with Crippen LogP contribution in [-0.2, 0) is 14.3 Å². The van der Waals surface area contributed by atoms with Gasteiger partial charge in [-0.1, -0.05) is 5.92 Å². The van der Waals surface area contributed by atoms with Gasteiger partial charge in [0.15, 0.2) is 6.29 Å². The molecule has 22 heavy (non-hydrogen) atoms. The molecular formula is C14H24N2O6. The zero-order valence-electron chi connectivity index (χ0n) is 12.4. The fourth-order valence-electron chi connectivity index (χ4n) is 2.08. The molecule has 1 heterocycles. The van der Waals surface area contributed by atoms with Crippen molar-refractivity contribution in [2.24, 2.45) is 5.73 Å². The topological polar surface area (TPSA) is 134 Å². The first-order chi connectivity index (χ1) is 10.5. The smallest absolute Gasteiger partial charge is 0.220 e. The van der Waals surface area contributed by atoms with Crippen LogP contribution in [0.15, 0.2) is 0 Å². The number of rotatable bonds is 8. The van der Waals surface area contributed by atoms with Gasteiger partial charge >= 0.3 is 0 Å². The highest BCUT2D eigenvalue weighted by Crippen LogP contribution is 2.20. The molecule has 5 atom stereocenters. The number of unbranched alkanes of at least 4 members (excludes halogenated alkanes) is 1. The zero-order chi connectivity index (χ0) is 16.5. The third-order valence-corrected chi connectivity index (χ3v) is 3.40. The highest BCUT2D eigenvalue weighted by Gasteiger charge is 2.42. The second kappa shape index (κ2) is 9.74. The Labute approximate surface area is 129 Å². The van der Waals surface area contributed by atoms with Crippen molar-refractivity contribution in [3.05, 3.63) is 0 Å². The van der Waals surface area contributed by atoms with Gasteiger partial charge in [0, 0.05) is 13.0 Å². The molecule has 0 spiro atoms. The summed E-state index contributed by atoms with van der Waals surface area (Å²) in [7, 11) is 0. The van der Waals surface area contributed by atoms with Crippen LogP contribution in [-0.4, -0.2) is 71.6 Å². The Kier molecular flexibility index (Phi) is 8.34. The predicted molar refractivity (Wildman–Crippen MR) is 77.4 cm³/mol. The van der Waals surface area contributed by atoms with E-state index in [1.54, 1.807) is 0 Å². The summed E-state index contributed by atoms with van der Waals surface area (Å²) in [5.74, 6) is 2.19. The van der Waals surface area contributed by atoms with Gasteiger partial charge in [0.25, 0.3) is 0 Å². The first-order valence-electron chi connectivity index (χ1n) is 7.21. The second-order valence-electron chi connectivity index (χ2n) is 5.09. The van der Waals surface area contributed by atoms with Crippen LogP contribution < -0.4 is 11.1 Å². The lowest BCUT2D eigenvalue weighted by Gasteiger charge is -2.40. The number of carbonyl (C=O) groups is 1. The van der Waals surface area contributed by atoms with Crippen LogP contribution >= 0.6 is 0 Å². The molecule has 0 aromatic carbocycles. The van der Waals surface area contributed by atoms with Crippen molar-refractivity contribution >= 4 is 5.91 Å². The lowest BCUT2D eigenvalue weighted by Crippen LogP contribution is -2.62. The van der Waals surface area contributed by atoms with Gasteiger partial charge in [-0.2, -0.15) is 0 Å². The van der Waals surface area contributed by atoms with Crippen LogP contribution in [0.4, 0.5) is 0 Å². The molecule has 126 valence electrons. The molecule has 0 aromatic rings. The van der Waals surface area contributed by atoms with E-state index in [4.69, 9.17) is 26.7 Å². The molecule has 1 rings (SSSR count). The number of aliphatic hydroxyl groups is 3. The van der Waals surface area contributed by atoms with Crippen LogP contribution in [0.3, 0.4) is 0 Å². The molecular weight excluding hydrogens is 292 g/mol. The van der Waals surface area contributed by atoms with E-state index in [9.17, 15) is 15.0 Å². The van der Waals surface area contributed by atoms with E-state index in [1.807, 2.05) is 0 Å². The van der Waals surface area contributed by atoms with Crippen LogP contribution in [0.1, 0.15) is 19.3 Å². The Bertz CT molecular complexity index is 384. The number of hydrogen-bond donors (Lipinski definition) is 5. The number of amides is 1. The summed E-state index contributed by atoms with van der Waals surface area (Å²) in [6.07, 6.45) is 2.23. The summed E-state index contributed by atoms with van der Waals surface area (Å²) < 4.78 is 10.7. The Hall–Kier alpha value is -1.21. The van der Waals surface area contributed by atoms with Crippen molar-refractivity contribution in [3.63, 3.8) is 0 Å². The van der Waals surface area contributed by atoms with Gasteiger partial charge in [0.05, 0.1) is 19.2 Å². The molecule has 0 saturated carbocycles. The summed E-state index contributed by atoms with van der Waals surface area (Å²) >= 11 is 0. The fraction of sp³-hybridized carbons (Fsp3) is 0.786. The molecule has 1 amide bonds. The highest BCUT2D eigenvalue weighted by molar-refractivity contribution is 5.76. The van der Waals surface area contributed by atoms with Gasteiger partial charge in [-0.05, 0) is 12.8 Å². The number of hydrogen-bond acceptors (Lipinski definition) is 7. The molecule has 1 saturated heterocycles. The molecule has 0 aliphatic carbocycles. The molecule has 1 fully saturated rings. The monoisotopic (exact) mass is 316 g/mol. The van der Waals surface area contributed by atoms with Crippen LogP contribution in [0.25, 0.3) is 0 Å². The number of terminal acetylenes is 1. The minimum Gasteiger partial charge on any atom is -0.394 e. The van der Waals surface area contributed by atoms with E-state index in [0.717, 1.165) is 0 Å². The van der Waals surface area contributed by atoms with Crippen LogP contribution in [0.2, 0.25) is 0 Å². The lowest BCUT2D eigenvalue weighted by molar-refractivity contribution is -0.265. The number of nitrogens with two attached hydrogens (primary N) is 1. The van der Waals surface area contributed by atoms with Crippen molar-refractivity contribution in [2.75, 3.05) is 19.8 Å². The van der Waals surface area contributed by atoms with Gasteiger partial charge in [0.2, 0.25) is 5.91 Å². The maximum atomic E-state index is 11.3. The third-order valence-electron chi connectivity index (χ3n) is 3.40. The SMILES string of the molecule is C#CCNC(=O)CCCCOC1OC(CO)C(O)C(O)C1N. The van der Waals surface area contributed by atoms with Gasteiger partial charge in [-0.25, -0.2) is 0 Å². The second-order valence-corrected chi connectivity index (χ2v) is 5.09. The number of carbonyl (C=O) groups excluding carboxylic acids is 1. The molecule has 0 aromatic heterocycles. The number of ether oxygens (including phenoxy) is 2. The summed E-state index contributed by atoms with van der Waals surface area (Å²) in [6, 6.07) is -0.906. The standard InChI is InChI=1S/C14H24N2O6/c1-2-6-16-10(18)5-3-4-7-21-14-11(15)13(20)12(19)9(8-17)22-14/h1,9,11-14,17,19-20H,3-8,15H2,(H,16,18). The predicted octanol–water partition coefficient (Wildman–Crippen LogP) is -2.31. The number of aliphatic hydroxyl groups excluding tert-OH is 3. The zero-order valence-corrected chi connectivity index (χ0v) is 12.4. The largest absolute Gasteiger partial charge is 0.394 e. The van der Waals surface area contributed by atoms with Crippen LogP contribution in [0, 0.1) is 12.3 Å². The molecule has 8 nitrogen and oxygen atoms in total. The van der Waals surface area contributed by atoms with E-state index in [-0.39, 0.29) is 19.1 Å². The maximum absolute atomic E-state index is 11.3. The fourth-order valence-corrected chi connectivity index (χ4v) is 2.08. The average molecular weight is 316 g/mol. The van der Waals surface area contributed by atoms with E-state index in [0.29, 0.717) is 19.3 Å². The summed E-state index contributed by atoms with van der Waals surface area (Å²) in [4.78, 5) is 11.3. The molecule has 5 unspecified atom stereocenters. The molecule has 6 N–H and O–H groups in total. The Balaban J connectivity index is 2.24. The van der Waals surface area contributed by atoms with E-state index >= 15 is 0 Å². The Morgan fingerprint density at radius 1 is 1.36 bits per heavy atom. The lowest BCUT2D eigenvalue weighted by atomic mass is 9.98. The van der Waals surface area contributed by atoms with Gasteiger partial charge in [-0.3, -0.25) is 4.79 Å². The minimum absolute atomic E-state index is 0.123. The van der Waals surface area contributed by atoms with Crippen molar-refractivity contribution in [1.82, 2.24) is 5.32 Å². The van der Waals surface area contributed by atoms with Crippen LogP contribution in [0.5, 0.6) is 0 Å². The quantitative estimate of drug-likeness (QED) is 0.251. The summed E-state index contributed by atoms with van der Waals surface area (Å²) in [5, 5.41) is 31.0. The highest BCUT2D eigenvalue weighted by atomic mass is 16.7. The molecule has 8 heteroatoms. The third kappa shape index (κ3) is 5.53. The van der Waals surface area contributed by atoms with Gasteiger partial charge in [-0.15, -0.1) is 6.42 Å². The van der Waals surface area contributed by atoms with E-state index < -0.39 is 37.3 Å². The van der Waals surface area contributed by atoms with Crippen molar-refractivity contribution in [3.8, 4) is 12.3 Å². The van der Waals surface area contributed by atoms with E-state index in [1.165, 1.54) is 0 Å². The number of nitrogens with one attached hydrogen (secondary N) is 1. The van der Waals surface area contributed by atoms with Gasteiger partial charge < -0.3 is 35.8 Å². The minimum atomic E-state index is -1.25. The Morgan fingerprint density at radius 2 is 2.09 bits per heavy atom. The molecule has 0 radical (unpaired) electrons. The molecule has 1 aliphatic rings. The Morgan fingerprint density at radius 3 is 2.73 bits per heavy atom. The normalized spacial score (nSPS) is 31.5. The molecule has 0 bridgehead atoms. The summed E-state index contributed by atoms with van der Waals surface area (Å²) in [5.41, 5.74) is 5.72. The van der Waals surface area contributed by atoms with E-state index in [2.05, 4.69) is 11.2 Å². The van der Waals surface area contributed by atoms with Crippen molar-refractivity contribution < 1.29 is 29.6 Å². The molecule has 1 aliphatic heterocycles. The van der Waals surface area contributed by atoms with Gasteiger partial charge in [0.1, 0.15) is 18.3 Å².